The molecule has 2 rings (SSSR count). The van der Waals surface area contributed by atoms with Gasteiger partial charge in [0.25, 0.3) is 5.91 Å². The number of nitrogen functional groups attached to an aromatic ring is 1. The van der Waals surface area contributed by atoms with Gasteiger partial charge < -0.3 is 11.1 Å². The highest BCUT2D eigenvalue weighted by atomic mass is 19.1. The summed E-state index contributed by atoms with van der Waals surface area (Å²) in [4.78, 5) is 15.8. The number of carbonyl (C=O) groups excluding carboxylic acids is 1. The number of anilines is 1. The Morgan fingerprint density at radius 2 is 2.15 bits per heavy atom. The molecule has 0 radical (unpaired) electrons. The van der Waals surface area contributed by atoms with E-state index in [1.165, 1.54) is 18.3 Å². The van der Waals surface area contributed by atoms with Crippen molar-refractivity contribution >= 4 is 11.6 Å². The number of carbonyl (C=O) groups is 1. The summed E-state index contributed by atoms with van der Waals surface area (Å²) in [7, 11) is 0. The summed E-state index contributed by atoms with van der Waals surface area (Å²) in [5, 5.41) is 2.77. The Kier molecular flexibility index (Phi) is 4.30. The van der Waals surface area contributed by atoms with E-state index >= 15 is 0 Å². The molecule has 5 heteroatoms. The molecule has 0 fully saturated rings. The zero-order chi connectivity index (χ0) is 14.5. The van der Waals surface area contributed by atoms with Gasteiger partial charge in [0, 0.05) is 6.54 Å². The number of hydrogen-bond donors (Lipinski definition) is 2. The van der Waals surface area contributed by atoms with Crippen molar-refractivity contribution in [2.24, 2.45) is 0 Å². The van der Waals surface area contributed by atoms with E-state index in [2.05, 4.69) is 10.3 Å². The third kappa shape index (κ3) is 3.54. The van der Waals surface area contributed by atoms with Crippen LogP contribution in [0, 0.1) is 12.7 Å². The molecule has 0 spiro atoms. The van der Waals surface area contributed by atoms with E-state index in [1.807, 2.05) is 6.92 Å². The topological polar surface area (TPSA) is 68.0 Å². The summed E-state index contributed by atoms with van der Waals surface area (Å²) in [6.45, 7) is 2.32. The molecule has 1 aromatic carbocycles. The molecular formula is C15H16FN3O. The predicted molar refractivity (Wildman–Crippen MR) is 75.8 cm³/mol. The number of rotatable bonds is 4. The Morgan fingerprint density at radius 1 is 1.35 bits per heavy atom. The highest BCUT2D eigenvalue weighted by molar-refractivity contribution is 5.92. The number of amides is 1. The second-order valence-electron chi connectivity index (χ2n) is 4.55. The normalized spacial score (nSPS) is 10.3. The van der Waals surface area contributed by atoms with Gasteiger partial charge in [-0.15, -0.1) is 0 Å². The zero-order valence-corrected chi connectivity index (χ0v) is 11.2. The average Bonchev–Trinajstić information content (AvgIpc) is 2.42. The van der Waals surface area contributed by atoms with Crippen molar-refractivity contribution in [2.75, 3.05) is 12.3 Å². The maximum atomic E-state index is 13.0. The molecule has 0 bridgehead atoms. The molecule has 1 aromatic heterocycles. The monoisotopic (exact) mass is 273 g/mol. The van der Waals surface area contributed by atoms with Crippen LogP contribution in [0.4, 0.5) is 10.1 Å². The van der Waals surface area contributed by atoms with Gasteiger partial charge in [-0.1, -0.05) is 6.07 Å². The maximum absolute atomic E-state index is 13.0. The first-order valence-electron chi connectivity index (χ1n) is 6.31. The van der Waals surface area contributed by atoms with Crippen LogP contribution in [0.1, 0.15) is 21.6 Å². The molecule has 3 N–H and O–H groups in total. The number of nitrogens with two attached hydrogens (primary N) is 1. The van der Waals surface area contributed by atoms with Gasteiger partial charge in [0.1, 0.15) is 11.5 Å². The van der Waals surface area contributed by atoms with Crippen molar-refractivity contribution in [1.29, 1.82) is 0 Å². The van der Waals surface area contributed by atoms with Gasteiger partial charge in [0.05, 0.1) is 11.9 Å². The van der Waals surface area contributed by atoms with Crippen LogP contribution < -0.4 is 11.1 Å². The van der Waals surface area contributed by atoms with Gasteiger partial charge >= 0.3 is 0 Å². The van der Waals surface area contributed by atoms with E-state index in [4.69, 9.17) is 5.73 Å². The summed E-state index contributed by atoms with van der Waals surface area (Å²) in [5.74, 6) is -0.494. The smallest absolute Gasteiger partial charge is 0.269 e. The number of benzene rings is 1. The molecule has 4 nitrogen and oxygen atoms in total. The van der Waals surface area contributed by atoms with Crippen LogP contribution >= 0.6 is 0 Å². The Hall–Kier alpha value is -2.43. The van der Waals surface area contributed by atoms with Gasteiger partial charge in [-0.05, 0) is 48.7 Å². The number of halogens is 1. The summed E-state index contributed by atoms with van der Waals surface area (Å²) < 4.78 is 13.0. The van der Waals surface area contributed by atoms with E-state index in [1.54, 1.807) is 18.2 Å². The van der Waals surface area contributed by atoms with Crippen LogP contribution in [0.25, 0.3) is 0 Å². The fourth-order valence-electron chi connectivity index (χ4n) is 1.88. The Morgan fingerprint density at radius 3 is 2.80 bits per heavy atom. The minimum atomic E-state index is -0.249. The highest BCUT2D eigenvalue weighted by Crippen LogP contribution is 2.10. The first kappa shape index (κ1) is 14.0. The second kappa shape index (κ2) is 6.14. The molecule has 0 saturated heterocycles. The first-order chi connectivity index (χ1) is 9.56. The summed E-state index contributed by atoms with van der Waals surface area (Å²) in [6, 6.07) is 7.85. The minimum Gasteiger partial charge on any atom is -0.397 e. The fourth-order valence-corrected chi connectivity index (χ4v) is 1.88. The van der Waals surface area contributed by atoms with Crippen LogP contribution in [0.3, 0.4) is 0 Å². The summed E-state index contributed by atoms with van der Waals surface area (Å²) in [6.07, 6.45) is 2.09. The van der Waals surface area contributed by atoms with Crippen LogP contribution in [-0.2, 0) is 6.42 Å². The lowest BCUT2D eigenvalue weighted by molar-refractivity contribution is 0.0949. The third-order valence-corrected chi connectivity index (χ3v) is 3.00. The van der Waals surface area contributed by atoms with Crippen molar-refractivity contribution < 1.29 is 9.18 Å². The van der Waals surface area contributed by atoms with Crippen LogP contribution in [-0.4, -0.2) is 17.4 Å². The summed E-state index contributed by atoms with van der Waals surface area (Å²) >= 11 is 0. The van der Waals surface area contributed by atoms with E-state index in [0.29, 0.717) is 24.3 Å². The van der Waals surface area contributed by atoms with E-state index in [9.17, 15) is 9.18 Å². The lowest BCUT2D eigenvalue weighted by Crippen LogP contribution is -2.26. The number of pyridine rings is 1. The van der Waals surface area contributed by atoms with Crippen molar-refractivity contribution in [3.8, 4) is 0 Å². The zero-order valence-electron chi connectivity index (χ0n) is 11.2. The minimum absolute atomic E-state index is 0.246. The molecule has 20 heavy (non-hydrogen) atoms. The molecule has 2 aromatic rings. The van der Waals surface area contributed by atoms with E-state index in [-0.39, 0.29) is 11.7 Å². The van der Waals surface area contributed by atoms with E-state index < -0.39 is 0 Å². The van der Waals surface area contributed by atoms with Crippen molar-refractivity contribution in [2.45, 2.75) is 13.3 Å². The molecule has 0 aliphatic heterocycles. The quantitative estimate of drug-likeness (QED) is 0.896. The maximum Gasteiger partial charge on any atom is 0.269 e. The average molecular weight is 273 g/mol. The molecular weight excluding hydrogens is 257 g/mol. The molecule has 0 saturated carbocycles. The number of aryl methyl sites for hydroxylation is 1. The van der Waals surface area contributed by atoms with Crippen LogP contribution in [0.5, 0.6) is 0 Å². The second-order valence-corrected chi connectivity index (χ2v) is 4.55. The van der Waals surface area contributed by atoms with Gasteiger partial charge in [-0.2, -0.15) is 0 Å². The third-order valence-electron chi connectivity index (χ3n) is 3.00. The van der Waals surface area contributed by atoms with Crippen molar-refractivity contribution in [3.05, 3.63) is 59.2 Å². The van der Waals surface area contributed by atoms with Crippen molar-refractivity contribution in [1.82, 2.24) is 10.3 Å². The molecule has 0 atom stereocenters. The summed E-state index contributed by atoms with van der Waals surface area (Å²) in [5.41, 5.74) is 8.24. The van der Waals surface area contributed by atoms with Crippen molar-refractivity contribution in [3.63, 3.8) is 0 Å². The SMILES string of the molecule is Cc1cc(F)ccc1CCNC(=O)c1ccc(N)cn1. The number of aromatic nitrogens is 1. The van der Waals surface area contributed by atoms with Gasteiger partial charge in [0.2, 0.25) is 0 Å². The molecule has 1 heterocycles. The number of nitrogens with one attached hydrogen (secondary N) is 1. The number of hydrogen-bond acceptors (Lipinski definition) is 3. The lowest BCUT2D eigenvalue weighted by atomic mass is 10.1. The van der Waals surface area contributed by atoms with Gasteiger partial charge in [-0.3, -0.25) is 4.79 Å². The number of nitrogens with zero attached hydrogens (tertiary/aromatic N) is 1. The molecule has 0 aliphatic carbocycles. The highest BCUT2D eigenvalue weighted by Gasteiger charge is 2.06. The fraction of sp³-hybridized carbons (Fsp3) is 0.200. The van der Waals surface area contributed by atoms with E-state index in [0.717, 1.165) is 11.1 Å². The largest absolute Gasteiger partial charge is 0.397 e. The first-order valence-corrected chi connectivity index (χ1v) is 6.31. The standard InChI is InChI=1S/C15H16FN3O/c1-10-8-12(16)3-2-11(10)6-7-18-15(20)14-5-4-13(17)9-19-14/h2-5,8-9H,6-7,17H2,1H3,(H,18,20). The van der Waals surface area contributed by atoms with Gasteiger partial charge in [0.15, 0.2) is 0 Å². The molecule has 0 aliphatic rings. The lowest BCUT2D eigenvalue weighted by Gasteiger charge is -2.07. The van der Waals surface area contributed by atoms with Gasteiger partial charge in [-0.25, -0.2) is 9.37 Å². The predicted octanol–water partition coefficient (Wildman–Crippen LogP) is 2.08. The molecule has 1 amide bonds. The molecule has 104 valence electrons. The van der Waals surface area contributed by atoms with Crippen LogP contribution in [0.15, 0.2) is 36.5 Å². The molecule has 0 unspecified atom stereocenters. The van der Waals surface area contributed by atoms with Crippen LogP contribution in [0.2, 0.25) is 0 Å². The Balaban J connectivity index is 1.89. The Bertz CT molecular complexity index is 611. The Labute approximate surface area is 116 Å².